The van der Waals surface area contributed by atoms with Crippen LogP contribution in [0.1, 0.15) is 0 Å². The molecule has 0 aromatic heterocycles. The second kappa shape index (κ2) is 3.46. The minimum atomic E-state index is -1.98. The fraction of sp³-hybridized carbons (Fsp3) is 0.286. The third kappa shape index (κ3) is 1.57. The largest absolute Gasteiger partial charge is 0.482 e. The standard InChI is InChI=1S/C7H6O7/c8-3-2(6(10)11)1-14-5(4(3)9)7(12)13/h1,4-5,9H,(H,10,11)(H,12,13). The zero-order chi connectivity index (χ0) is 10.9. The van der Waals surface area contributed by atoms with E-state index in [2.05, 4.69) is 4.74 Å². The lowest BCUT2D eigenvalue weighted by Crippen LogP contribution is -2.45. The summed E-state index contributed by atoms with van der Waals surface area (Å²) < 4.78 is 4.38. The summed E-state index contributed by atoms with van der Waals surface area (Å²) in [6.07, 6.45) is -3.20. The van der Waals surface area contributed by atoms with Gasteiger partial charge in [0.25, 0.3) is 0 Å². The molecule has 0 aromatic rings. The normalized spacial score (nSPS) is 26.4. The van der Waals surface area contributed by atoms with Crippen LogP contribution in [0.3, 0.4) is 0 Å². The molecule has 0 aliphatic carbocycles. The van der Waals surface area contributed by atoms with E-state index in [9.17, 15) is 14.4 Å². The first-order chi connectivity index (χ1) is 6.45. The van der Waals surface area contributed by atoms with Crippen molar-refractivity contribution in [3.05, 3.63) is 11.8 Å². The molecule has 2 atom stereocenters. The fourth-order valence-corrected chi connectivity index (χ4v) is 0.920. The molecule has 0 bridgehead atoms. The topological polar surface area (TPSA) is 121 Å². The number of rotatable bonds is 2. The van der Waals surface area contributed by atoms with Crippen LogP contribution in [-0.4, -0.2) is 45.2 Å². The molecule has 0 saturated heterocycles. The van der Waals surface area contributed by atoms with Crippen molar-refractivity contribution in [1.82, 2.24) is 0 Å². The van der Waals surface area contributed by atoms with Gasteiger partial charge in [0.2, 0.25) is 11.9 Å². The summed E-state index contributed by atoms with van der Waals surface area (Å²) >= 11 is 0. The minimum Gasteiger partial charge on any atom is -0.482 e. The average Bonchev–Trinajstić information content (AvgIpc) is 2.08. The molecule has 2 unspecified atom stereocenters. The molecular formula is C7H6O7. The Kier molecular flexibility index (Phi) is 2.52. The number of ketones is 1. The highest BCUT2D eigenvalue weighted by atomic mass is 16.5. The fourth-order valence-electron chi connectivity index (χ4n) is 0.920. The van der Waals surface area contributed by atoms with Crippen LogP contribution < -0.4 is 0 Å². The Morgan fingerprint density at radius 1 is 1.36 bits per heavy atom. The average molecular weight is 202 g/mol. The van der Waals surface area contributed by atoms with Gasteiger partial charge in [0.15, 0.2) is 6.10 Å². The maximum atomic E-state index is 11.0. The van der Waals surface area contributed by atoms with Gasteiger partial charge < -0.3 is 20.1 Å². The molecule has 0 saturated carbocycles. The van der Waals surface area contributed by atoms with Crippen LogP contribution in [0.2, 0.25) is 0 Å². The first-order valence-electron chi connectivity index (χ1n) is 3.49. The Bertz CT molecular complexity index is 329. The molecule has 7 heteroatoms. The van der Waals surface area contributed by atoms with Gasteiger partial charge in [0, 0.05) is 0 Å². The van der Waals surface area contributed by atoms with Gasteiger partial charge in [-0.25, -0.2) is 9.59 Å². The van der Waals surface area contributed by atoms with Crippen LogP contribution in [0.25, 0.3) is 0 Å². The predicted molar refractivity (Wildman–Crippen MR) is 39.2 cm³/mol. The SMILES string of the molecule is O=C(O)C1=COC(C(=O)O)C(O)C1=O. The molecule has 76 valence electrons. The van der Waals surface area contributed by atoms with Gasteiger partial charge in [-0.2, -0.15) is 0 Å². The maximum absolute atomic E-state index is 11.0. The van der Waals surface area contributed by atoms with Crippen LogP contribution in [-0.2, 0) is 19.1 Å². The van der Waals surface area contributed by atoms with E-state index in [4.69, 9.17) is 15.3 Å². The van der Waals surface area contributed by atoms with Crippen molar-refractivity contribution in [2.45, 2.75) is 12.2 Å². The van der Waals surface area contributed by atoms with Gasteiger partial charge in [0.1, 0.15) is 11.8 Å². The van der Waals surface area contributed by atoms with Crippen LogP contribution in [0, 0.1) is 0 Å². The smallest absolute Gasteiger partial charge is 0.348 e. The summed E-state index contributed by atoms with van der Waals surface area (Å²) in [6, 6.07) is 0. The quantitative estimate of drug-likeness (QED) is 0.459. The van der Waals surface area contributed by atoms with Crippen LogP contribution in [0.5, 0.6) is 0 Å². The number of hydrogen-bond acceptors (Lipinski definition) is 5. The third-order valence-corrected chi connectivity index (χ3v) is 1.63. The summed E-state index contributed by atoms with van der Waals surface area (Å²) in [5.41, 5.74) is -0.769. The predicted octanol–water partition coefficient (Wildman–Crippen LogP) is -1.63. The van der Waals surface area contributed by atoms with Crippen molar-refractivity contribution in [3.8, 4) is 0 Å². The number of carbonyl (C=O) groups is 3. The molecule has 1 rings (SSSR count). The molecule has 0 fully saturated rings. The van der Waals surface area contributed by atoms with Crippen molar-refractivity contribution in [1.29, 1.82) is 0 Å². The molecule has 3 N–H and O–H groups in total. The highest BCUT2D eigenvalue weighted by Gasteiger charge is 2.40. The van der Waals surface area contributed by atoms with Gasteiger partial charge >= 0.3 is 11.9 Å². The minimum absolute atomic E-state index is 0.524. The molecular weight excluding hydrogens is 196 g/mol. The molecule has 0 amide bonds. The Hall–Kier alpha value is -1.89. The van der Waals surface area contributed by atoms with Crippen molar-refractivity contribution in [2.75, 3.05) is 0 Å². The van der Waals surface area contributed by atoms with Crippen molar-refractivity contribution in [2.24, 2.45) is 0 Å². The molecule has 0 spiro atoms. The van der Waals surface area contributed by atoms with E-state index in [1.165, 1.54) is 0 Å². The van der Waals surface area contributed by atoms with E-state index in [0.717, 1.165) is 0 Å². The maximum Gasteiger partial charge on any atom is 0.348 e. The molecule has 1 aliphatic rings. The number of carboxylic acid groups (broad SMARTS) is 2. The van der Waals surface area contributed by atoms with E-state index >= 15 is 0 Å². The molecule has 7 nitrogen and oxygen atoms in total. The van der Waals surface area contributed by atoms with Gasteiger partial charge in [-0.1, -0.05) is 0 Å². The third-order valence-electron chi connectivity index (χ3n) is 1.63. The zero-order valence-corrected chi connectivity index (χ0v) is 6.71. The van der Waals surface area contributed by atoms with Crippen molar-refractivity contribution >= 4 is 17.7 Å². The first-order valence-corrected chi connectivity index (χ1v) is 3.49. The summed E-state index contributed by atoms with van der Waals surface area (Å²) in [5.74, 6) is -4.28. The number of carbonyl (C=O) groups excluding carboxylic acids is 1. The summed E-state index contributed by atoms with van der Waals surface area (Å²) in [5, 5.41) is 25.9. The van der Waals surface area contributed by atoms with Crippen LogP contribution >= 0.6 is 0 Å². The summed E-state index contributed by atoms with van der Waals surface area (Å²) in [7, 11) is 0. The Balaban J connectivity index is 2.97. The summed E-state index contributed by atoms with van der Waals surface area (Å²) in [4.78, 5) is 31.8. The Morgan fingerprint density at radius 3 is 2.36 bits per heavy atom. The lowest BCUT2D eigenvalue weighted by atomic mass is 10.0. The monoisotopic (exact) mass is 202 g/mol. The zero-order valence-electron chi connectivity index (χ0n) is 6.71. The number of hydrogen-bond donors (Lipinski definition) is 3. The van der Waals surface area contributed by atoms with Gasteiger partial charge in [0.05, 0.1) is 0 Å². The van der Waals surface area contributed by atoms with Gasteiger partial charge in [-0.15, -0.1) is 0 Å². The molecule has 0 radical (unpaired) electrons. The van der Waals surface area contributed by atoms with E-state index in [1.807, 2.05) is 0 Å². The molecule has 1 heterocycles. The van der Waals surface area contributed by atoms with E-state index in [1.54, 1.807) is 0 Å². The number of aliphatic hydroxyl groups excluding tert-OH is 1. The Labute approximate surface area is 77.2 Å². The number of aliphatic carboxylic acids is 2. The second-order valence-electron chi connectivity index (χ2n) is 2.54. The van der Waals surface area contributed by atoms with Crippen molar-refractivity contribution in [3.63, 3.8) is 0 Å². The lowest BCUT2D eigenvalue weighted by Gasteiger charge is -2.22. The van der Waals surface area contributed by atoms with E-state index in [0.29, 0.717) is 6.26 Å². The highest BCUT2D eigenvalue weighted by molar-refractivity contribution is 6.19. The Morgan fingerprint density at radius 2 is 1.93 bits per heavy atom. The lowest BCUT2D eigenvalue weighted by molar-refractivity contribution is -0.160. The number of aliphatic hydroxyl groups is 1. The highest BCUT2D eigenvalue weighted by Crippen LogP contribution is 2.15. The molecule has 1 aliphatic heterocycles. The summed E-state index contributed by atoms with van der Waals surface area (Å²) in [6.45, 7) is 0. The second-order valence-corrected chi connectivity index (χ2v) is 2.54. The van der Waals surface area contributed by atoms with E-state index < -0.39 is 35.5 Å². The van der Waals surface area contributed by atoms with Gasteiger partial charge in [-0.3, -0.25) is 4.79 Å². The van der Waals surface area contributed by atoms with E-state index in [-0.39, 0.29) is 0 Å². The van der Waals surface area contributed by atoms with Gasteiger partial charge in [-0.05, 0) is 0 Å². The molecule has 0 aromatic carbocycles. The van der Waals surface area contributed by atoms with Crippen molar-refractivity contribution < 1.29 is 34.4 Å². The first kappa shape index (κ1) is 10.2. The number of Topliss-reactive ketones (excluding diaryl/α,β-unsaturated/α-hetero) is 1. The van der Waals surface area contributed by atoms with Crippen LogP contribution in [0.4, 0.5) is 0 Å². The van der Waals surface area contributed by atoms with Crippen LogP contribution in [0.15, 0.2) is 11.8 Å². The number of carboxylic acids is 2. The molecule has 14 heavy (non-hydrogen) atoms. The number of ether oxygens (including phenoxy) is 1.